The summed E-state index contributed by atoms with van der Waals surface area (Å²) in [6.07, 6.45) is 13.5. The van der Waals surface area contributed by atoms with E-state index >= 15 is 0 Å². The largest absolute Gasteiger partial charge is 0.349 e. The molecule has 1 unspecified atom stereocenters. The van der Waals surface area contributed by atoms with Crippen molar-refractivity contribution in [2.24, 2.45) is 0 Å². The van der Waals surface area contributed by atoms with Crippen molar-refractivity contribution in [3.63, 3.8) is 0 Å². The number of rotatable bonds is 10. The van der Waals surface area contributed by atoms with Gasteiger partial charge in [-0.2, -0.15) is 0 Å². The quantitative estimate of drug-likeness (QED) is 0.329. The summed E-state index contributed by atoms with van der Waals surface area (Å²) in [5.41, 5.74) is 5.95. The molecule has 0 aromatic heterocycles. The van der Waals surface area contributed by atoms with Crippen molar-refractivity contribution in [2.45, 2.75) is 38.0 Å². The third-order valence-electron chi connectivity index (χ3n) is 5.04. The van der Waals surface area contributed by atoms with E-state index in [0.29, 0.717) is 5.92 Å². The van der Waals surface area contributed by atoms with Crippen LogP contribution in [0.5, 0.6) is 0 Å². The Balaban J connectivity index is 1.84. The number of hydrogen-bond donors (Lipinski definition) is 0. The monoisotopic (exact) mass is 345 g/mol. The summed E-state index contributed by atoms with van der Waals surface area (Å²) in [5, 5.41) is 0. The van der Waals surface area contributed by atoms with E-state index in [0.717, 1.165) is 48.9 Å². The molecule has 0 saturated carbocycles. The molecule has 1 heteroatoms. The summed E-state index contributed by atoms with van der Waals surface area (Å²) in [6.45, 7) is 16.3. The predicted molar refractivity (Wildman–Crippen MR) is 115 cm³/mol. The van der Waals surface area contributed by atoms with Gasteiger partial charge >= 0.3 is 0 Å². The number of nitrogens with zero attached hydrogens (tertiary/aromatic N) is 1. The molecule has 0 heterocycles. The van der Waals surface area contributed by atoms with Crippen molar-refractivity contribution in [2.75, 3.05) is 7.05 Å². The summed E-state index contributed by atoms with van der Waals surface area (Å²) in [7, 11) is 2.09. The first kappa shape index (κ1) is 19.8. The Morgan fingerprint density at radius 2 is 1.77 bits per heavy atom. The van der Waals surface area contributed by atoms with Gasteiger partial charge in [-0.1, -0.05) is 79.4 Å². The second-order valence-corrected chi connectivity index (χ2v) is 6.90. The molecule has 26 heavy (non-hydrogen) atoms. The van der Waals surface area contributed by atoms with Crippen molar-refractivity contribution in [1.29, 1.82) is 0 Å². The SMILES string of the molecule is C=CCCC(=C)C(=C)CCC(=C)N(C)C1=CCC(c2ccccc2)C=C1. The summed E-state index contributed by atoms with van der Waals surface area (Å²) in [4.78, 5) is 2.19. The Bertz CT molecular complexity index is 718. The zero-order valence-corrected chi connectivity index (χ0v) is 16.1. The van der Waals surface area contributed by atoms with Gasteiger partial charge in [0.2, 0.25) is 0 Å². The third-order valence-corrected chi connectivity index (χ3v) is 5.04. The van der Waals surface area contributed by atoms with Crippen LogP contribution in [0.15, 0.2) is 103 Å². The smallest absolute Gasteiger partial charge is 0.0362 e. The molecule has 1 nitrogen and oxygen atoms in total. The highest BCUT2D eigenvalue weighted by Gasteiger charge is 2.14. The van der Waals surface area contributed by atoms with E-state index in [2.05, 4.69) is 86.8 Å². The Morgan fingerprint density at radius 3 is 2.38 bits per heavy atom. The Kier molecular flexibility index (Phi) is 7.47. The molecule has 1 aliphatic carbocycles. The van der Waals surface area contributed by atoms with Crippen molar-refractivity contribution >= 4 is 0 Å². The second kappa shape index (κ2) is 9.82. The van der Waals surface area contributed by atoms with E-state index in [4.69, 9.17) is 0 Å². The molecule has 1 atom stereocenters. The fraction of sp³-hybridized carbons (Fsp3) is 0.280. The fourth-order valence-corrected chi connectivity index (χ4v) is 3.08. The molecule has 1 aromatic carbocycles. The van der Waals surface area contributed by atoms with E-state index < -0.39 is 0 Å². The highest BCUT2D eigenvalue weighted by Crippen LogP contribution is 2.29. The Hall–Kier alpha value is -2.54. The van der Waals surface area contributed by atoms with E-state index in [1.54, 1.807) is 0 Å². The first-order valence-corrected chi connectivity index (χ1v) is 9.34. The van der Waals surface area contributed by atoms with E-state index in [-0.39, 0.29) is 0 Å². The number of benzene rings is 1. The van der Waals surface area contributed by atoms with E-state index in [1.807, 2.05) is 6.08 Å². The van der Waals surface area contributed by atoms with Crippen LogP contribution in [-0.2, 0) is 0 Å². The molecule has 0 aliphatic heterocycles. The minimum absolute atomic E-state index is 0.467. The number of likely N-dealkylation sites (N-methyl/N-ethyl adjacent to an activating group) is 1. The minimum Gasteiger partial charge on any atom is -0.349 e. The lowest BCUT2D eigenvalue weighted by molar-refractivity contribution is 0.504. The molecule has 0 amide bonds. The Morgan fingerprint density at radius 1 is 1.08 bits per heavy atom. The topological polar surface area (TPSA) is 3.24 Å². The molecule has 0 N–H and O–H groups in total. The average Bonchev–Trinajstić information content (AvgIpc) is 2.70. The van der Waals surface area contributed by atoms with Crippen LogP contribution in [0.1, 0.15) is 43.6 Å². The van der Waals surface area contributed by atoms with Crippen LogP contribution in [0.3, 0.4) is 0 Å². The van der Waals surface area contributed by atoms with Crippen molar-refractivity contribution in [3.05, 3.63) is 109 Å². The van der Waals surface area contributed by atoms with Gasteiger partial charge < -0.3 is 4.90 Å². The van der Waals surface area contributed by atoms with Gasteiger partial charge in [0.25, 0.3) is 0 Å². The molecule has 0 spiro atoms. The Labute approximate surface area is 159 Å². The molecule has 1 aliphatic rings. The van der Waals surface area contributed by atoms with Crippen LogP contribution < -0.4 is 0 Å². The van der Waals surface area contributed by atoms with Gasteiger partial charge in [-0.3, -0.25) is 0 Å². The zero-order chi connectivity index (χ0) is 18.9. The molecule has 2 rings (SSSR count). The summed E-state index contributed by atoms with van der Waals surface area (Å²) < 4.78 is 0. The summed E-state index contributed by atoms with van der Waals surface area (Å²) in [6, 6.07) is 10.7. The molecule has 0 fully saturated rings. The van der Waals surface area contributed by atoms with Crippen LogP contribution in [0.4, 0.5) is 0 Å². The highest BCUT2D eigenvalue weighted by molar-refractivity contribution is 5.34. The molecular weight excluding hydrogens is 314 g/mol. The van der Waals surface area contributed by atoms with Crippen molar-refractivity contribution in [3.8, 4) is 0 Å². The molecule has 1 aromatic rings. The van der Waals surface area contributed by atoms with Gasteiger partial charge in [0, 0.05) is 24.4 Å². The summed E-state index contributed by atoms with van der Waals surface area (Å²) in [5.74, 6) is 0.467. The van der Waals surface area contributed by atoms with Gasteiger partial charge in [-0.25, -0.2) is 0 Å². The van der Waals surface area contributed by atoms with Gasteiger partial charge in [-0.05, 0) is 43.7 Å². The van der Waals surface area contributed by atoms with Crippen LogP contribution in [0, 0.1) is 0 Å². The lowest BCUT2D eigenvalue weighted by Gasteiger charge is -2.27. The minimum atomic E-state index is 0.467. The molecule has 136 valence electrons. The lowest BCUT2D eigenvalue weighted by Crippen LogP contribution is -2.17. The first-order chi connectivity index (χ1) is 12.5. The highest BCUT2D eigenvalue weighted by atomic mass is 15.1. The number of hydrogen-bond acceptors (Lipinski definition) is 1. The second-order valence-electron chi connectivity index (χ2n) is 6.90. The maximum Gasteiger partial charge on any atom is 0.0362 e. The normalized spacial score (nSPS) is 15.9. The lowest BCUT2D eigenvalue weighted by atomic mass is 9.91. The summed E-state index contributed by atoms with van der Waals surface area (Å²) >= 11 is 0. The van der Waals surface area contributed by atoms with Crippen LogP contribution >= 0.6 is 0 Å². The first-order valence-electron chi connectivity index (χ1n) is 9.34. The van der Waals surface area contributed by atoms with Gasteiger partial charge in [-0.15, -0.1) is 6.58 Å². The predicted octanol–water partition coefficient (Wildman–Crippen LogP) is 6.92. The third kappa shape index (κ3) is 5.49. The maximum absolute atomic E-state index is 4.26. The van der Waals surface area contributed by atoms with Crippen LogP contribution in [-0.4, -0.2) is 11.9 Å². The zero-order valence-electron chi connectivity index (χ0n) is 16.1. The standard InChI is InChI=1S/C25H31N/c1-6-7-11-20(2)21(3)14-15-22(4)26(5)25-18-16-24(17-19-25)23-12-9-8-10-13-23/h6,8-10,12-13,16,18-19,24H,1-4,7,11,14-15,17H2,5H3. The van der Waals surface area contributed by atoms with E-state index in [9.17, 15) is 0 Å². The fourth-order valence-electron chi connectivity index (χ4n) is 3.08. The van der Waals surface area contributed by atoms with E-state index in [1.165, 1.54) is 11.3 Å². The molecule has 0 saturated heterocycles. The molecule has 0 bridgehead atoms. The van der Waals surface area contributed by atoms with Gasteiger partial charge in [0.1, 0.15) is 0 Å². The molecular formula is C25H31N. The molecule has 0 radical (unpaired) electrons. The van der Waals surface area contributed by atoms with Gasteiger partial charge in [0.05, 0.1) is 0 Å². The average molecular weight is 346 g/mol. The maximum atomic E-state index is 4.26. The van der Waals surface area contributed by atoms with Crippen molar-refractivity contribution in [1.82, 2.24) is 4.90 Å². The van der Waals surface area contributed by atoms with Crippen LogP contribution in [0.25, 0.3) is 0 Å². The van der Waals surface area contributed by atoms with Crippen LogP contribution in [0.2, 0.25) is 0 Å². The van der Waals surface area contributed by atoms with Crippen molar-refractivity contribution < 1.29 is 0 Å². The van der Waals surface area contributed by atoms with Gasteiger partial charge in [0.15, 0.2) is 0 Å². The number of allylic oxidation sites excluding steroid dienone is 7.